The van der Waals surface area contributed by atoms with Gasteiger partial charge in [0.1, 0.15) is 11.2 Å². The standard InChI is InChI=1S/C48H32N2.C38H26N2.C32H19NO/c1-2-14-39(15-3-1)49(40-24-20-34(21-25-40)38-19-18-33-10-4-5-13-37(33)32-38)41-26-28-42(29-27-41)50-45-30-22-35-11-6-8-16-43(35)47(45)48-44-17-9-7-12-36(44)23-31-46(48)50;1-3-14-29(15-4-1)39(30-16-5-2-6-17-30)31-18-11-19-32(26-31)40-35-24-22-27-12-7-9-20-33(27)37(35)38-34-21-10-8-13-28(34)23-25-36(38)40;1-3-9-23-20(7-1)13-16-27-31(23)32-24-10-4-2-8-21(24)14-17-28(32)33(27)22-15-18-30-26(19-22)25-11-5-6-12-29(25)34-30/h1-32H;1-26H;1-19H. The van der Waals surface area contributed by atoms with Gasteiger partial charge >= 0.3 is 0 Å². The minimum Gasteiger partial charge on any atom is -0.456 e. The van der Waals surface area contributed by atoms with E-state index < -0.39 is 0 Å². The number of benzene rings is 22. The van der Waals surface area contributed by atoms with Gasteiger partial charge in [-0.25, -0.2) is 0 Å². The van der Waals surface area contributed by atoms with Crippen LogP contribution in [0, 0.1) is 0 Å². The van der Waals surface area contributed by atoms with E-state index in [1.165, 1.54) is 152 Å². The first-order valence-electron chi connectivity index (χ1n) is 42.5. The van der Waals surface area contributed by atoms with Gasteiger partial charge in [-0.1, -0.05) is 309 Å². The zero-order valence-electron chi connectivity index (χ0n) is 67.6. The van der Waals surface area contributed by atoms with E-state index in [0.717, 1.165) is 73.1 Å². The fourth-order valence-corrected chi connectivity index (χ4v) is 19.7. The summed E-state index contributed by atoms with van der Waals surface area (Å²) in [6.45, 7) is 0. The van der Waals surface area contributed by atoms with E-state index >= 15 is 0 Å². The molecule has 0 N–H and O–H groups in total. The van der Waals surface area contributed by atoms with Crippen molar-refractivity contribution in [3.63, 3.8) is 0 Å². The topological polar surface area (TPSA) is 34.4 Å². The molecule has 4 aromatic heterocycles. The van der Waals surface area contributed by atoms with Crippen LogP contribution in [0.5, 0.6) is 0 Å². The van der Waals surface area contributed by atoms with Crippen molar-refractivity contribution in [3.8, 4) is 28.2 Å². The smallest absolute Gasteiger partial charge is 0.135 e. The van der Waals surface area contributed by atoms with E-state index in [2.05, 4.69) is 478 Å². The second-order valence-corrected chi connectivity index (χ2v) is 32.2. The van der Waals surface area contributed by atoms with Crippen molar-refractivity contribution in [2.45, 2.75) is 0 Å². The van der Waals surface area contributed by atoms with Crippen molar-refractivity contribution >= 4 is 197 Å². The highest BCUT2D eigenvalue weighted by molar-refractivity contribution is 6.31. The van der Waals surface area contributed by atoms with Crippen LogP contribution in [0.4, 0.5) is 34.1 Å². The molecule has 22 aromatic carbocycles. The zero-order valence-corrected chi connectivity index (χ0v) is 67.6. The average Bonchev–Trinajstić information content (AvgIpc) is 1.58. The van der Waals surface area contributed by atoms with E-state index in [4.69, 9.17) is 4.42 Å². The van der Waals surface area contributed by atoms with Crippen LogP contribution in [0.1, 0.15) is 0 Å². The van der Waals surface area contributed by atoms with Crippen LogP contribution in [0.25, 0.3) is 191 Å². The molecule has 0 spiro atoms. The van der Waals surface area contributed by atoms with Crippen LogP contribution in [0.2, 0.25) is 0 Å². The van der Waals surface area contributed by atoms with Gasteiger partial charge in [0.25, 0.3) is 0 Å². The molecule has 26 rings (SSSR count). The highest BCUT2D eigenvalue weighted by Crippen LogP contribution is 2.48. The number of aromatic nitrogens is 3. The second-order valence-electron chi connectivity index (χ2n) is 32.2. The van der Waals surface area contributed by atoms with Gasteiger partial charge in [-0.05, 0) is 244 Å². The number of para-hydroxylation sites is 4. The lowest BCUT2D eigenvalue weighted by Crippen LogP contribution is -2.10. The number of rotatable bonds is 10. The molecule has 0 bridgehead atoms. The van der Waals surface area contributed by atoms with Gasteiger partial charge in [0.2, 0.25) is 0 Å². The van der Waals surface area contributed by atoms with Crippen molar-refractivity contribution in [2.75, 3.05) is 9.80 Å². The van der Waals surface area contributed by atoms with Gasteiger partial charge in [-0.15, -0.1) is 0 Å². The molecule has 0 saturated heterocycles. The molecular formula is C118H77N5O. The molecule has 124 heavy (non-hydrogen) atoms. The Morgan fingerprint density at radius 3 is 0.847 bits per heavy atom. The summed E-state index contributed by atoms with van der Waals surface area (Å²) < 4.78 is 13.4. The third kappa shape index (κ3) is 12.0. The minimum atomic E-state index is 0.918. The van der Waals surface area contributed by atoms with Crippen LogP contribution >= 0.6 is 0 Å². The monoisotopic (exact) mass is 1580 g/mol. The molecule has 0 unspecified atom stereocenters. The molecule has 0 amide bonds. The number of furan rings is 1. The number of anilines is 6. The Kier molecular flexibility index (Phi) is 17.2. The summed E-state index contributed by atoms with van der Waals surface area (Å²) in [4.78, 5) is 4.66. The van der Waals surface area contributed by atoms with Crippen molar-refractivity contribution in [1.82, 2.24) is 13.7 Å². The van der Waals surface area contributed by atoms with E-state index in [0.29, 0.717) is 0 Å². The molecule has 0 saturated carbocycles. The Hall–Kier alpha value is -16.5. The largest absolute Gasteiger partial charge is 0.456 e. The molecule has 4 heterocycles. The van der Waals surface area contributed by atoms with E-state index in [1.807, 2.05) is 12.1 Å². The van der Waals surface area contributed by atoms with Crippen LogP contribution in [-0.4, -0.2) is 13.7 Å². The number of hydrogen-bond acceptors (Lipinski definition) is 3. The second kappa shape index (κ2) is 29.8. The van der Waals surface area contributed by atoms with E-state index in [1.54, 1.807) is 0 Å². The van der Waals surface area contributed by atoms with Crippen LogP contribution in [0.3, 0.4) is 0 Å². The van der Waals surface area contributed by atoms with Gasteiger partial charge in [-0.3, -0.25) is 0 Å². The van der Waals surface area contributed by atoms with Crippen molar-refractivity contribution in [2.24, 2.45) is 0 Å². The fourth-order valence-electron chi connectivity index (χ4n) is 19.7. The summed E-state index contributed by atoms with van der Waals surface area (Å²) in [7, 11) is 0. The van der Waals surface area contributed by atoms with Crippen molar-refractivity contribution in [1.29, 1.82) is 0 Å². The predicted octanol–water partition coefficient (Wildman–Crippen LogP) is 32.9. The molecule has 0 radical (unpaired) electrons. The first-order valence-corrected chi connectivity index (χ1v) is 42.5. The van der Waals surface area contributed by atoms with E-state index in [-0.39, 0.29) is 0 Å². The zero-order chi connectivity index (χ0) is 81.7. The molecule has 6 nitrogen and oxygen atoms in total. The summed E-state index contributed by atoms with van der Waals surface area (Å²) in [5.41, 5.74) is 21.7. The number of nitrogens with zero attached hydrogens (tertiary/aromatic N) is 5. The van der Waals surface area contributed by atoms with Gasteiger partial charge < -0.3 is 27.9 Å². The summed E-state index contributed by atoms with van der Waals surface area (Å²) in [6.07, 6.45) is 0. The molecule has 0 atom stereocenters. The Balaban J connectivity index is 0.000000107. The maximum absolute atomic E-state index is 6.11. The quantitative estimate of drug-likeness (QED) is 0.137. The molecule has 580 valence electrons. The van der Waals surface area contributed by atoms with Gasteiger partial charge in [0.05, 0.1) is 33.1 Å². The molecule has 0 aliphatic carbocycles. The number of hydrogen-bond donors (Lipinski definition) is 0. The molecule has 0 fully saturated rings. The molecular weight excluding hydrogens is 1500 g/mol. The average molecular weight is 1580 g/mol. The lowest BCUT2D eigenvalue weighted by molar-refractivity contribution is 0.669. The van der Waals surface area contributed by atoms with Crippen molar-refractivity contribution in [3.05, 3.63) is 467 Å². The summed E-state index contributed by atoms with van der Waals surface area (Å²) in [5, 5.41) is 27.9. The van der Waals surface area contributed by atoms with Crippen LogP contribution in [0.15, 0.2) is 472 Å². The van der Waals surface area contributed by atoms with E-state index in [9.17, 15) is 0 Å². The van der Waals surface area contributed by atoms with Crippen LogP contribution in [-0.2, 0) is 0 Å². The SMILES string of the molecule is c1ccc(N(c2ccc(-c3ccc4ccccc4c3)cc2)c2ccc(-n3c4ccc5ccccc5c4c4c5ccccc5ccc43)cc2)cc1.c1ccc(N(c2ccccc2)c2cccc(-n3c4ccc5ccccc5c4c4c5ccccc5ccc43)c2)cc1.c1ccc2c(c1)ccc1c2c2c3ccccc3ccc2n1-c1ccc2oc3ccccc3c2c1. The minimum absolute atomic E-state index is 0.918. The third-order valence-electron chi connectivity index (χ3n) is 25.2. The summed E-state index contributed by atoms with van der Waals surface area (Å²) in [6, 6.07) is 168. The Bertz CT molecular complexity index is 8360. The van der Waals surface area contributed by atoms with Gasteiger partial charge in [0.15, 0.2) is 0 Å². The Morgan fingerprint density at radius 1 is 0.153 bits per heavy atom. The third-order valence-corrected chi connectivity index (χ3v) is 25.2. The highest BCUT2D eigenvalue weighted by Gasteiger charge is 2.24. The Morgan fingerprint density at radius 2 is 0.435 bits per heavy atom. The first-order chi connectivity index (χ1) is 61.5. The molecule has 26 aromatic rings. The molecule has 0 aliphatic heterocycles. The first kappa shape index (κ1) is 71.6. The summed E-state index contributed by atoms with van der Waals surface area (Å²) >= 11 is 0. The lowest BCUT2D eigenvalue weighted by Gasteiger charge is -2.26. The Labute approximate surface area is 715 Å². The normalized spacial score (nSPS) is 11.7. The molecule has 0 aliphatic rings. The van der Waals surface area contributed by atoms with Crippen LogP contribution < -0.4 is 9.80 Å². The molecule has 6 heteroatoms. The highest BCUT2D eigenvalue weighted by atomic mass is 16.3. The van der Waals surface area contributed by atoms with Gasteiger partial charge in [0, 0.05) is 94.3 Å². The predicted molar refractivity (Wildman–Crippen MR) is 527 cm³/mol. The van der Waals surface area contributed by atoms with Crippen molar-refractivity contribution < 1.29 is 4.42 Å². The lowest BCUT2D eigenvalue weighted by atomic mass is 10.00. The maximum Gasteiger partial charge on any atom is 0.135 e. The number of fused-ring (bicyclic) bond motifs is 25. The van der Waals surface area contributed by atoms with Gasteiger partial charge in [-0.2, -0.15) is 0 Å². The maximum atomic E-state index is 6.11. The summed E-state index contributed by atoms with van der Waals surface area (Å²) in [5.74, 6) is 0. The fraction of sp³-hybridized carbons (Fsp3) is 0.